The van der Waals surface area contributed by atoms with Crippen LogP contribution in [0.15, 0.2) is 78.9 Å². The Morgan fingerprint density at radius 1 is 0.853 bits per heavy atom. The molecule has 180 valence electrons. The molecule has 1 atom stereocenters. The van der Waals surface area contributed by atoms with Crippen LogP contribution in [0.5, 0.6) is 11.5 Å². The van der Waals surface area contributed by atoms with Crippen LogP contribution in [0.2, 0.25) is 0 Å². The Labute approximate surface area is 203 Å². The maximum atomic E-state index is 11.5. The molecular weight excluding hydrogens is 424 g/mol. The quantitative estimate of drug-likeness (QED) is 0.435. The van der Waals surface area contributed by atoms with Gasteiger partial charge in [-0.05, 0) is 48.7 Å². The summed E-state index contributed by atoms with van der Waals surface area (Å²) >= 11 is 0. The molecule has 1 aliphatic heterocycles. The summed E-state index contributed by atoms with van der Waals surface area (Å²) in [7, 11) is 1.63. The van der Waals surface area contributed by atoms with Crippen LogP contribution in [0.1, 0.15) is 30.9 Å². The number of hydrogen-bond acceptors (Lipinski definition) is 5. The highest BCUT2D eigenvalue weighted by Crippen LogP contribution is 2.38. The third kappa shape index (κ3) is 5.54. The second-order valence-corrected chi connectivity index (χ2v) is 8.80. The van der Waals surface area contributed by atoms with Crippen molar-refractivity contribution in [3.8, 4) is 11.5 Å². The summed E-state index contributed by atoms with van der Waals surface area (Å²) in [6.07, 6.45) is 1.54. The second-order valence-electron chi connectivity index (χ2n) is 8.80. The minimum atomic E-state index is -1.10. The fourth-order valence-electron chi connectivity index (χ4n) is 4.71. The number of hydrogen-bond donors (Lipinski definition) is 1. The first kappa shape index (κ1) is 24.1. The summed E-state index contributed by atoms with van der Waals surface area (Å²) in [6, 6.07) is 26.1. The second kappa shape index (κ2) is 11.4. The van der Waals surface area contributed by atoms with Gasteiger partial charge in [-0.25, -0.2) is 0 Å². The van der Waals surface area contributed by atoms with E-state index >= 15 is 0 Å². The van der Waals surface area contributed by atoms with Gasteiger partial charge in [-0.1, -0.05) is 55.5 Å². The Morgan fingerprint density at radius 3 is 2.21 bits per heavy atom. The molecule has 1 heterocycles. The minimum Gasteiger partial charge on any atom is -0.496 e. The molecule has 1 fully saturated rings. The lowest BCUT2D eigenvalue weighted by molar-refractivity contribution is 0.0736. The van der Waals surface area contributed by atoms with Crippen molar-refractivity contribution in [1.29, 1.82) is 0 Å². The topological polar surface area (TPSA) is 45.2 Å². The molecule has 0 aliphatic carbocycles. The Balaban J connectivity index is 1.25. The number of methoxy groups -OCH3 is 1. The highest BCUT2D eigenvalue weighted by molar-refractivity contribution is 5.47. The van der Waals surface area contributed by atoms with E-state index in [1.807, 2.05) is 55.5 Å². The lowest BCUT2D eigenvalue weighted by atomic mass is 9.83. The van der Waals surface area contributed by atoms with Gasteiger partial charge < -0.3 is 19.5 Å². The van der Waals surface area contributed by atoms with Gasteiger partial charge in [0.05, 0.1) is 13.7 Å². The van der Waals surface area contributed by atoms with Crippen molar-refractivity contribution in [2.45, 2.75) is 25.4 Å². The average molecular weight is 461 g/mol. The van der Waals surface area contributed by atoms with E-state index in [2.05, 4.69) is 40.1 Å². The summed E-state index contributed by atoms with van der Waals surface area (Å²) in [5, 5.41) is 11.5. The molecule has 0 aromatic heterocycles. The molecule has 3 aromatic rings. The van der Waals surface area contributed by atoms with Gasteiger partial charge in [0.1, 0.15) is 17.1 Å². The first-order valence-corrected chi connectivity index (χ1v) is 12.3. The van der Waals surface area contributed by atoms with Crippen LogP contribution >= 0.6 is 0 Å². The Bertz CT molecular complexity index is 1020. The van der Waals surface area contributed by atoms with Gasteiger partial charge >= 0.3 is 0 Å². The highest BCUT2D eigenvalue weighted by atomic mass is 16.5. The lowest BCUT2D eigenvalue weighted by Gasteiger charge is -2.36. The van der Waals surface area contributed by atoms with Crippen molar-refractivity contribution < 1.29 is 14.6 Å². The Hall–Kier alpha value is -3.02. The van der Waals surface area contributed by atoms with Crippen molar-refractivity contribution >= 4 is 5.69 Å². The van der Waals surface area contributed by atoms with E-state index in [4.69, 9.17) is 9.47 Å². The molecule has 4 rings (SSSR count). The van der Waals surface area contributed by atoms with E-state index in [1.54, 1.807) is 7.11 Å². The third-order valence-electron chi connectivity index (χ3n) is 6.78. The van der Waals surface area contributed by atoms with Crippen LogP contribution in [0.3, 0.4) is 0 Å². The molecule has 1 N–H and O–H groups in total. The zero-order valence-electron chi connectivity index (χ0n) is 20.3. The van der Waals surface area contributed by atoms with Gasteiger partial charge in [0.2, 0.25) is 0 Å². The molecule has 0 amide bonds. The van der Waals surface area contributed by atoms with Crippen molar-refractivity contribution in [2.75, 3.05) is 51.3 Å². The fourth-order valence-corrected chi connectivity index (χ4v) is 4.71. The van der Waals surface area contributed by atoms with Crippen molar-refractivity contribution in [2.24, 2.45) is 0 Å². The van der Waals surface area contributed by atoms with E-state index in [-0.39, 0.29) is 0 Å². The smallest absolute Gasteiger partial charge is 0.125 e. The first-order chi connectivity index (χ1) is 16.6. The van der Waals surface area contributed by atoms with Crippen molar-refractivity contribution in [1.82, 2.24) is 4.90 Å². The van der Waals surface area contributed by atoms with Gasteiger partial charge in [0.15, 0.2) is 0 Å². The molecule has 5 nitrogen and oxygen atoms in total. The largest absolute Gasteiger partial charge is 0.496 e. The highest BCUT2D eigenvalue weighted by Gasteiger charge is 2.32. The number of anilines is 1. The maximum absolute atomic E-state index is 11.5. The summed E-state index contributed by atoms with van der Waals surface area (Å²) < 4.78 is 11.5. The zero-order chi connectivity index (χ0) is 23.8. The molecule has 0 bridgehead atoms. The van der Waals surface area contributed by atoms with E-state index in [0.29, 0.717) is 18.8 Å². The zero-order valence-corrected chi connectivity index (χ0v) is 20.3. The number of benzene rings is 3. The van der Waals surface area contributed by atoms with E-state index in [1.165, 1.54) is 5.69 Å². The first-order valence-electron chi connectivity index (χ1n) is 12.3. The molecule has 0 spiro atoms. The standard InChI is InChI=1S/C29H36N2O3/c1-3-29(32,27-12-7-8-13-28(27)33-2)24-14-16-26(17-15-24)34-23-9-18-30-19-21-31(22-20-30)25-10-5-4-6-11-25/h4-8,10-17,32H,3,9,18-23H2,1-2H3. The molecule has 3 aromatic carbocycles. The number of piperazine rings is 1. The van der Waals surface area contributed by atoms with Crippen molar-refractivity contribution in [3.05, 3.63) is 90.0 Å². The summed E-state index contributed by atoms with van der Waals surface area (Å²) in [6.45, 7) is 8.02. The monoisotopic (exact) mass is 460 g/mol. The lowest BCUT2D eigenvalue weighted by Crippen LogP contribution is -2.46. The van der Waals surface area contributed by atoms with Crippen LogP contribution in [0.4, 0.5) is 5.69 Å². The fraction of sp³-hybridized carbons (Fsp3) is 0.379. The molecule has 34 heavy (non-hydrogen) atoms. The number of aliphatic hydroxyl groups is 1. The molecule has 1 aliphatic rings. The van der Waals surface area contributed by atoms with Gasteiger partial charge in [-0.3, -0.25) is 4.90 Å². The predicted molar refractivity (Wildman–Crippen MR) is 138 cm³/mol. The van der Waals surface area contributed by atoms with Crippen LogP contribution in [-0.2, 0) is 5.60 Å². The molecule has 0 radical (unpaired) electrons. The molecule has 0 saturated carbocycles. The van der Waals surface area contributed by atoms with Gasteiger partial charge in [0, 0.05) is 44.0 Å². The third-order valence-corrected chi connectivity index (χ3v) is 6.78. The van der Waals surface area contributed by atoms with Crippen molar-refractivity contribution in [3.63, 3.8) is 0 Å². The average Bonchev–Trinajstić information content (AvgIpc) is 2.92. The van der Waals surface area contributed by atoms with Crippen LogP contribution in [0, 0.1) is 0 Å². The minimum absolute atomic E-state index is 0.547. The van der Waals surface area contributed by atoms with Crippen LogP contribution in [-0.4, -0.2) is 56.4 Å². The predicted octanol–water partition coefficient (Wildman–Crippen LogP) is 4.93. The molecular formula is C29H36N2O3. The molecule has 1 saturated heterocycles. The van der Waals surface area contributed by atoms with Crippen LogP contribution < -0.4 is 14.4 Å². The molecule has 5 heteroatoms. The number of para-hydroxylation sites is 2. The van der Waals surface area contributed by atoms with E-state index < -0.39 is 5.60 Å². The summed E-state index contributed by atoms with van der Waals surface area (Å²) in [4.78, 5) is 4.97. The van der Waals surface area contributed by atoms with E-state index in [9.17, 15) is 5.11 Å². The van der Waals surface area contributed by atoms with Gasteiger partial charge in [0.25, 0.3) is 0 Å². The van der Waals surface area contributed by atoms with Gasteiger partial charge in [-0.15, -0.1) is 0 Å². The molecule has 1 unspecified atom stereocenters. The van der Waals surface area contributed by atoms with E-state index in [0.717, 1.165) is 56.0 Å². The Morgan fingerprint density at radius 2 is 1.53 bits per heavy atom. The summed E-state index contributed by atoms with van der Waals surface area (Å²) in [5.74, 6) is 1.52. The van der Waals surface area contributed by atoms with Gasteiger partial charge in [-0.2, -0.15) is 0 Å². The summed E-state index contributed by atoms with van der Waals surface area (Å²) in [5.41, 5.74) is 1.83. The number of nitrogens with zero attached hydrogens (tertiary/aromatic N) is 2. The maximum Gasteiger partial charge on any atom is 0.125 e. The SMILES string of the molecule is CCC(O)(c1ccc(OCCCN2CCN(c3ccccc3)CC2)cc1)c1ccccc1OC. The number of rotatable bonds is 10. The number of ether oxygens (including phenoxy) is 2. The normalized spacial score (nSPS) is 16.1. The Kier molecular flexibility index (Phi) is 8.09. The van der Waals surface area contributed by atoms with Crippen LogP contribution in [0.25, 0.3) is 0 Å².